The molecule has 2 heterocycles. The highest BCUT2D eigenvalue weighted by Gasteiger charge is 2.31. The summed E-state index contributed by atoms with van der Waals surface area (Å²) in [6.07, 6.45) is 0.511. The van der Waals surface area contributed by atoms with Crippen LogP contribution in [0.2, 0.25) is 10.0 Å². The van der Waals surface area contributed by atoms with E-state index in [2.05, 4.69) is 10.0 Å². The van der Waals surface area contributed by atoms with Gasteiger partial charge in [-0.1, -0.05) is 55.2 Å². The minimum Gasteiger partial charge on any atom is -0.395 e. The average Bonchev–Trinajstić information content (AvgIpc) is 3.36. The van der Waals surface area contributed by atoms with Crippen LogP contribution in [0, 0.1) is 5.92 Å². The van der Waals surface area contributed by atoms with Crippen LogP contribution in [0.3, 0.4) is 0 Å². The lowest BCUT2D eigenvalue weighted by Gasteiger charge is -2.38. The van der Waals surface area contributed by atoms with Gasteiger partial charge >= 0.3 is 0 Å². The molecule has 2 aromatic carbocycles. The summed E-state index contributed by atoms with van der Waals surface area (Å²) in [7, 11) is -3.99. The molecule has 4 rings (SSSR count). The Kier molecular flexibility index (Phi) is 10.7. The van der Waals surface area contributed by atoms with Crippen LogP contribution in [0.1, 0.15) is 29.9 Å². The van der Waals surface area contributed by atoms with Crippen LogP contribution in [-0.2, 0) is 14.8 Å². The van der Waals surface area contributed by atoms with Crippen molar-refractivity contribution in [1.82, 2.24) is 19.8 Å². The number of piperazine rings is 1. The summed E-state index contributed by atoms with van der Waals surface area (Å²) in [5, 5.41) is 14.1. The fourth-order valence-electron chi connectivity index (χ4n) is 4.81. The van der Waals surface area contributed by atoms with Crippen molar-refractivity contribution in [2.24, 2.45) is 5.92 Å². The third-order valence-corrected chi connectivity index (χ3v) is 10.2. The summed E-state index contributed by atoms with van der Waals surface area (Å²) in [4.78, 5) is 30.8. The van der Waals surface area contributed by atoms with Gasteiger partial charge in [0.25, 0.3) is 5.91 Å². The zero-order valence-electron chi connectivity index (χ0n) is 22.8. The Morgan fingerprint density at radius 1 is 1.05 bits per heavy atom. The van der Waals surface area contributed by atoms with Crippen LogP contribution in [0.15, 0.2) is 53.4 Å². The lowest BCUT2D eigenvalue weighted by molar-refractivity contribution is -0.135. The summed E-state index contributed by atoms with van der Waals surface area (Å²) in [5.41, 5.74) is 0. The Morgan fingerprint density at radius 2 is 1.76 bits per heavy atom. The number of rotatable bonds is 11. The Balaban J connectivity index is 1.34. The van der Waals surface area contributed by atoms with E-state index in [0.717, 1.165) is 10.1 Å². The molecule has 41 heavy (non-hydrogen) atoms. The van der Waals surface area contributed by atoms with Crippen molar-refractivity contribution in [3.05, 3.63) is 63.5 Å². The standard InChI is InChI=1S/C28H34Cl2N4O5S2/c1-18(2)13-23(31-27(36)25-14-19-5-3-4-6-24(19)40-25)28(37)34-11-9-33(10-12-34)16-21(17-35)32-41(38,39)26-8-7-20(29)15-22(26)30/h3-8,14-15,18,21,23,32,35H,9-13,16-17H2,1-2H3,(H,31,36)/t21?,23-/m0/s1. The quantitative estimate of drug-likeness (QED) is 0.293. The zero-order valence-corrected chi connectivity index (χ0v) is 26.0. The number of thiophene rings is 1. The summed E-state index contributed by atoms with van der Waals surface area (Å²) >= 11 is 13.4. The highest BCUT2D eigenvalue weighted by molar-refractivity contribution is 7.89. The number of amides is 2. The van der Waals surface area contributed by atoms with E-state index in [4.69, 9.17) is 23.2 Å². The van der Waals surface area contributed by atoms with Crippen LogP contribution in [-0.4, -0.2) is 86.6 Å². The molecule has 0 spiro atoms. The Hall–Kier alpha value is -2.25. The minimum absolute atomic E-state index is 0.00999. The first kappa shape index (κ1) is 31.7. The van der Waals surface area contributed by atoms with Crippen LogP contribution in [0.5, 0.6) is 0 Å². The highest BCUT2D eigenvalue weighted by Crippen LogP contribution is 2.26. The molecule has 2 atom stereocenters. The van der Waals surface area contributed by atoms with Crippen LogP contribution in [0.4, 0.5) is 0 Å². The first-order chi connectivity index (χ1) is 19.5. The molecule has 0 bridgehead atoms. The van der Waals surface area contributed by atoms with E-state index in [1.165, 1.54) is 29.5 Å². The molecular weight excluding hydrogens is 607 g/mol. The van der Waals surface area contributed by atoms with Crippen LogP contribution < -0.4 is 10.0 Å². The van der Waals surface area contributed by atoms with E-state index in [-0.39, 0.29) is 34.2 Å². The van der Waals surface area contributed by atoms with Crippen molar-refractivity contribution in [1.29, 1.82) is 0 Å². The fourth-order valence-corrected chi connectivity index (χ4v) is 7.76. The second-order valence-electron chi connectivity index (χ2n) is 10.5. The van der Waals surface area contributed by atoms with E-state index in [0.29, 0.717) is 42.5 Å². The molecule has 3 N–H and O–H groups in total. The molecule has 1 fully saturated rings. The number of halogens is 2. The maximum Gasteiger partial charge on any atom is 0.262 e. The number of nitrogens with zero attached hydrogens (tertiary/aromatic N) is 2. The Bertz CT molecular complexity index is 1460. The number of aliphatic hydroxyl groups is 1. The summed E-state index contributed by atoms with van der Waals surface area (Å²) in [5.74, 6) is -0.201. The van der Waals surface area contributed by atoms with Gasteiger partial charge < -0.3 is 15.3 Å². The van der Waals surface area contributed by atoms with E-state index >= 15 is 0 Å². The van der Waals surface area contributed by atoms with Crippen molar-refractivity contribution in [2.75, 3.05) is 39.3 Å². The van der Waals surface area contributed by atoms with E-state index < -0.39 is 28.7 Å². The Labute approximate surface area is 254 Å². The molecule has 0 radical (unpaired) electrons. The second-order valence-corrected chi connectivity index (χ2v) is 14.1. The van der Waals surface area contributed by atoms with Gasteiger partial charge in [-0.25, -0.2) is 13.1 Å². The molecule has 13 heteroatoms. The van der Waals surface area contributed by atoms with Crippen LogP contribution in [0.25, 0.3) is 10.1 Å². The van der Waals surface area contributed by atoms with E-state index in [9.17, 15) is 23.1 Å². The van der Waals surface area contributed by atoms with Gasteiger partial charge in [0.2, 0.25) is 15.9 Å². The van der Waals surface area contributed by atoms with Gasteiger partial charge in [0.05, 0.1) is 22.5 Å². The smallest absolute Gasteiger partial charge is 0.262 e. The normalized spacial score (nSPS) is 16.2. The lowest BCUT2D eigenvalue weighted by Crippen LogP contribution is -2.57. The predicted octanol–water partition coefficient (Wildman–Crippen LogP) is 3.84. The number of nitrogens with one attached hydrogen (secondary N) is 2. The topological polar surface area (TPSA) is 119 Å². The number of benzene rings is 2. The molecule has 1 unspecified atom stereocenters. The summed E-state index contributed by atoms with van der Waals surface area (Å²) in [6.45, 7) is 5.67. The number of hydrogen-bond acceptors (Lipinski definition) is 7. The van der Waals surface area contributed by atoms with Gasteiger partial charge in [-0.2, -0.15) is 0 Å². The molecule has 0 saturated carbocycles. The number of carbonyl (C=O) groups is 2. The second kappa shape index (κ2) is 13.8. The first-order valence-corrected chi connectivity index (χ1v) is 16.4. The van der Waals surface area contributed by atoms with Crippen molar-refractivity contribution >= 4 is 66.5 Å². The van der Waals surface area contributed by atoms with Gasteiger partial charge in [-0.05, 0) is 48.1 Å². The minimum atomic E-state index is -3.99. The summed E-state index contributed by atoms with van der Waals surface area (Å²) < 4.78 is 29.3. The molecule has 222 valence electrons. The predicted molar refractivity (Wildman–Crippen MR) is 163 cm³/mol. The number of fused-ring (bicyclic) bond motifs is 1. The molecule has 0 aliphatic carbocycles. The molecule has 1 aliphatic rings. The Morgan fingerprint density at radius 3 is 2.39 bits per heavy atom. The summed E-state index contributed by atoms with van der Waals surface area (Å²) in [6, 6.07) is 12.3. The first-order valence-electron chi connectivity index (χ1n) is 13.4. The molecular formula is C28H34Cl2N4O5S2. The van der Waals surface area contributed by atoms with Crippen LogP contribution >= 0.6 is 34.5 Å². The number of sulfonamides is 1. The SMILES string of the molecule is CC(C)C[C@H](NC(=O)c1cc2ccccc2s1)C(=O)N1CCN(CC(CO)NS(=O)(=O)c2ccc(Cl)cc2Cl)CC1. The highest BCUT2D eigenvalue weighted by atomic mass is 35.5. The van der Waals surface area contributed by atoms with Gasteiger partial charge in [0, 0.05) is 42.4 Å². The molecule has 1 saturated heterocycles. The van der Waals surface area contributed by atoms with Crippen molar-refractivity contribution < 1.29 is 23.1 Å². The third-order valence-electron chi connectivity index (χ3n) is 6.85. The van der Waals surface area contributed by atoms with Gasteiger partial charge in [0.15, 0.2) is 0 Å². The zero-order chi connectivity index (χ0) is 29.7. The van der Waals surface area contributed by atoms with E-state index in [1.54, 1.807) is 4.90 Å². The maximum absolute atomic E-state index is 13.5. The maximum atomic E-state index is 13.5. The monoisotopic (exact) mass is 640 g/mol. The molecule has 3 aromatic rings. The number of carbonyl (C=O) groups excluding carboxylic acids is 2. The fraction of sp³-hybridized carbons (Fsp3) is 0.429. The third kappa shape index (κ3) is 8.19. The molecule has 1 aromatic heterocycles. The van der Waals surface area contributed by atoms with Gasteiger partial charge in [0.1, 0.15) is 10.9 Å². The largest absolute Gasteiger partial charge is 0.395 e. The lowest BCUT2D eigenvalue weighted by atomic mass is 10.0. The van der Waals surface area contributed by atoms with Crippen molar-refractivity contribution in [2.45, 2.75) is 37.2 Å². The molecule has 2 amide bonds. The van der Waals surface area contributed by atoms with Gasteiger partial charge in [-0.3, -0.25) is 14.5 Å². The van der Waals surface area contributed by atoms with E-state index in [1.807, 2.05) is 49.1 Å². The molecule has 1 aliphatic heterocycles. The average molecular weight is 642 g/mol. The van der Waals surface area contributed by atoms with Crippen molar-refractivity contribution in [3.8, 4) is 0 Å². The van der Waals surface area contributed by atoms with Crippen molar-refractivity contribution in [3.63, 3.8) is 0 Å². The van der Waals surface area contributed by atoms with Gasteiger partial charge in [-0.15, -0.1) is 11.3 Å². The molecule has 9 nitrogen and oxygen atoms in total. The number of hydrogen-bond donors (Lipinski definition) is 3. The number of aliphatic hydroxyl groups excluding tert-OH is 1.